The molecule has 1 amide bonds. The van der Waals surface area contributed by atoms with Gasteiger partial charge in [0.1, 0.15) is 5.82 Å². The summed E-state index contributed by atoms with van der Waals surface area (Å²) >= 11 is 1.46. The average Bonchev–Trinajstić information content (AvgIpc) is 2.75. The molecule has 2 aliphatic heterocycles. The number of hydrogen-bond acceptors (Lipinski definition) is 4. The monoisotopic (exact) mass is 434 g/mol. The van der Waals surface area contributed by atoms with Gasteiger partial charge in [-0.3, -0.25) is 4.79 Å². The van der Waals surface area contributed by atoms with Crippen LogP contribution in [0.25, 0.3) is 0 Å². The van der Waals surface area contributed by atoms with E-state index in [9.17, 15) is 17.6 Å². The summed E-state index contributed by atoms with van der Waals surface area (Å²) in [6.45, 7) is 1.08. The smallest absolute Gasteiger partial charge is 0.251 e. The molecule has 1 unspecified atom stereocenters. The number of rotatable bonds is 4. The summed E-state index contributed by atoms with van der Waals surface area (Å²) in [7, 11) is -3.52. The van der Waals surface area contributed by atoms with Crippen molar-refractivity contribution >= 4 is 27.7 Å². The molecule has 0 spiro atoms. The number of carbonyl (C=O) groups is 1. The first-order chi connectivity index (χ1) is 14.0. The van der Waals surface area contributed by atoms with Gasteiger partial charge in [0.2, 0.25) is 10.0 Å². The summed E-state index contributed by atoms with van der Waals surface area (Å²) in [5, 5.41) is 2.96. The molecule has 2 aliphatic rings. The van der Waals surface area contributed by atoms with Gasteiger partial charge in [0.05, 0.1) is 10.9 Å². The number of thioether (sulfide) groups is 1. The highest BCUT2D eigenvalue weighted by Crippen LogP contribution is 2.37. The quantitative estimate of drug-likeness (QED) is 0.791. The van der Waals surface area contributed by atoms with E-state index in [0.717, 1.165) is 30.6 Å². The number of nitrogens with one attached hydrogen (secondary N) is 1. The van der Waals surface area contributed by atoms with Gasteiger partial charge in [0, 0.05) is 29.3 Å². The Kier molecular flexibility index (Phi) is 5.94. The van der Waals surface area contributed by atoms with Crippen LogP contribution >= 0.6 is 11.8 Å². The van der Waals surface area contributed by atoms with Crippen LogP contribution in [-0.4, -0.2) is 37.5 Å². The first-order valence-corrected chi connectivity index (χ1v) is 12.2. The number of sulfonamides is 1. The van der Waals surface area contributed by atoms with E-state index in [1.807, 2.05) is 6.07 Å². The number of fused-ring (bicyclic) bond motifs is 1. The Bertz CT molecular complexity index is 1000. The molecule has 1 saturated heterocycles. The van der Waals surface area contributed by atoms with E-state index >= 15 is 0 Å². The number of amides is 1. The average molecular weight is 435 g/mol. The minimum atomic E-state index is -3.52. The summed E-state index contributed by atoms with van der Waals surface area (Å²) in [5.74, 6) is 0.170. The highest BCUT2D eigenvalue weighted by atomic mass is 32.2. The van der Waals surface area contributed by atoms with Crippen LogP contribution in [0.2, 0.25) is 0 Å². The number of nitrogens with zero attached hydrogens (tertiary/aromatic N) is 1. The Morgan fingerprint density at radius 2 is 1.79 bits per heavy atom. The van der Waals surface area contributed by atoms with Crippen molar-refractivity contribution < 1.29 is 17.6 Å². The fourth-order valence-corrected chi connectivity index (χ4v) is 6.47. The van der Waals surface area contributed by atoms with Crippen LogP contribution in [0.4, 0.5) is 4.39 Å². The Morgan fingerprint density at radius 1 is 1.07 bits per heavy atom. The topological polar surface area (TPSA) is 66.5 Å². The van der Waals surface area contributed by atoms with Crippen LogP contribution in [0, 0.1) is 5.82 Å². The molecule has 2 aromatic rings. The van der Waals surface area contributed by atoms with Crippen LogP contribution in [0.1, 0.15) is 47.6 Å². The number of piperidine rings is 1. The van der Waals surface area contributed by atoms with Crippen LogP contribution in [-0.2, 0) is 10.0 Å². The first kappa shape index (κ1) is 20.4. The number of halogens is 1. The third kappa shape index (κ3) is 4.20. The van der Waals surface area contributed by atoms with Gasteiger partial charge < -0.3 is 5.32 Å². The Morgan fingerprint density at radius 3 is 2.52 bits per heavy atom. The van der Waals surface area contributed by atoms with Crippen molar-refractivity contribution in [2.75, 3.05) is 18.8 Å². The molecule has 1 N–H and O–H groups in total. The lowest BCUT2D eigenvalue weighted by atomic mass is 10.0. The highest BCUT2D eigenvalue weighted by molar-refractivity contribution is 7.99. The Balaban J connectivity index is 1.49. The molecule has 154 valence electrons. The summed E-state index contributed by atoms with van der Waals surface area (Å²) in [6, 6.07) is 10.7. The lowest BCUT2D eigenvalue weighted by Gasteiger charge is -2.26. The van der Waals surface area contributed by atoms with Gasteiger partial charge >= 0.3 is 0 Å². The zero-order valence-corrected chi connectivity index (χ0v) is 17.6. The van der Waals surface area contributed by atoms with E-state index < -0.39 is 10.0 Å². The van der Waals surface area contributed by atoms with Crippen molar-refractivity contribution in [3.05, 3.63) is 59.4 Å². The second-order valence-electron chi connectivity index (χ2n) is 7.31. The molecule has 0 aromatic heterocycles. The lowest BCUT2D eigenvalue weighted by molar-refractivity contribution is 0.0934. The molecule has 2 aromatic carbocycles. The predicted octanol–water partition coefficient (Wildman–Crippen LogP) is 3.97. The van der Waals surface area contributed by atoms with Crippen LogP contribution in [0.15, 0.2) is 52.3 Å². The van der Waals surface area contributed by atoms with Crippen LogP contribution in [0.3, 0.4) is 0 Å². The Hall–Kier alpha value is -1.90. The fraction of sp³-hybridized carbons (Fsp3) is 0.381. The molecule has 4 rings (SSSR count). The molecule has 8 heteroatoms. The second kappa shape index (κ2) is 8.45. The molecule has 1 atom stereocenters. The molecule has 0 saturated carbocycles. The van der Waals surface area contributed by atoms with Gasteiger partial charge in [0.15, 0.2) is 0 Å². The largest absolute Gasteiger partial charge is 0.345 e. The van der Waals surface area contributed by atoms with Crippen LogP contribution in [0.5, 0.6) is 0 Å². The molecule has 0 bridgehead atoms. The summed E-state index contributed by atoms with van der Waals surface area (Å²) in [6.07, 6.45) is 3.52. The van der Waals surface area contributed by atoms with E-state index in [1.165, 1.54) is 46.4 Å². The maximum atomic E-state index is 14.0. The van der Waals surface area contributed by atoms with Crippen molar-refractivity contribution in [1.82, 2.24) is 9.62 Å². The molecular formula is C21H23FN2O3S2. The van der Waals surface area contributed by atoms with E-state index in [0.29, 0.717) is 30.0 Å². The minimum absolute atomic E-state index is 0.206. The standard InChI is InChI=1S/C21H23FN2O3S2/c22-18-6-4-5-17-19(11-14-28-20(17)18)23-21(25)15-7-9-16(10-8-15)29(26,27)24-12-2-1-3-13-24/h4-10,19H,1-3,11-14H2,(H,23,25). The van der Waals surface area contributed by atoms with Crippen molar-refractivity contribution in [1.29, 1.82) is 0 Å². The normalized spacial score (nSPS) is 20.1. The number of hydrogen-bond donors (Lipinski definition) is 1. The number of carbonyl (C=O) groups excluding carboxylic acids is 1. The van der Waals surface area contributed by atoms with E-state index in [1.54, 1.807) is 6.07 Å². The SMILES string of the molecule is O=C(NC1CCSc2c(F)cccc21)c1ccc(S(=O)(=O)N2CCCCC2)cc1. The zero-order valence-electron chi connectivity index (χ0n) is 15.9. The molecular weight excluding hydrogens is 411 g/mol. The van der Waals surface area contributed by atoms with Gasteiger partial charge in [-0.25, -0.2) is 12.8 Å². The van der Waals surface area contributed by atoms with Crippen molar-refractivity contribution in [2.45, 2.75) is 41.5 Å². The van der Waals surface area contributed by atoms with Crippen molar-refractivity contribution in [3.63, 3.8) is 0 Å². The predicted molar refractivity (Wildman–Crippen MR) is 111 cm³/mol. The van der Waals surface area contributed by atoms with Gasteiger partial charge in [-0.1, -0.05) is 18.6 Å². The summed E-state index contributed by atoms with van der Waals surface area (Å²) in [5.41, 5.74) is 1.18. The van der Waals surface area contributed by atoms with Crippen LogP contribution < -0.4 is 5.32 Å². The third-order valence-electron chi connectivity index (χ3n) is 5.40. The summed E-state index contributed by atoms with van der Waals surface area (Å²) in [4.78, 5) is 13.5. The molecule has 29 heavy (non-hydrogen) atoms. The Labute approximate surface area is 174 Å². The lowest BCUT2D eigenvalue weighted by Crippen LogP contribution is -2.35. The van der Waals surface area contributed by atoms with E-state index in [-0.39, 0.29) is 22.7 Å². The highest BCUT2D eigenvalue weighted by Gasteiger charge is 2.27. The first-order valence-electron chi connectivity index (χ1n) is 9.79. The maximum absolute atomic E-state index is 14.0. The van der Waals surface area contributed by atoms with Gasteiger partial charge in [0.25, 0.3) is 5.91 Å². The molecule has 0 aliphatic carbocycles. The minimum Gasteiger partial charge on any atom is -0.345 e. The van der Waals surface area contributed by atoms with E-state index in [2.05, 4.69) is 5.32 Å². The van der Waals surface area contributed by atoms with Gasteiger partial charge in [-0.15, -0.1) is 11.8 Å². The van der Waals surface area contributed by atoms with Gasteiger partial charge in [-0.05, 0) is 55.2 Å². The van der Waals surface area contributed by atoms with Crippen molar-refractivity contribution in [2.24, 2.45) is 0 Å². The molecule has 0 radical (unpaired) electrons. The van der Waals surface area contributed by atoms with E-state index in [4.69, 9.17) is 0 Å². The second-order valence-corrected chi connectivity index (χ2v) is 10.4. The molecule has 5 nitrogen and oxygen atoms in total. The number of benzene rings is 2. The fourth-order valence-electron chi connectivity index (χ4n) is 3.81. The summed E-state index contributed by atoms with van der Waals surface area (Å²) < 4.78 is 41.0. The van der Waals surface area contributed by atoms with Gasteiger partial charge in [-0.2, -0.15) is 4.31 Å². The van der Waals surface area contributed by atoms with Crippen molar-refractivity contribution in [3.8, 4) is 0 Å². The molecule has 1 fully saturated rings. The maximum Gasteiger partial charge on any atom is 0.251 e. The zero-order chi connectivity index (χ0) is 20.4. The third-order valence-corrected chi connectivity index (χ3v) is 8.47. The molecule has 2 heterocycles.